The van der Waals surface area contributed by atoms with Crippen molar-refractivity contribution in [1.82, 2.24) is 9.97 Å². The monoisotopic (exact) mass is 445 g/mol. The van der Waals surface area contributed by atoms with E-state index < -0.39 is 48.9 Å². The molecule has 0 spiro atoms. The van der Waals surface area contributed by atoms with Crippen molar-refractivity contribution in [3.05, 3.63) is 47.7 Å². The van der Waals surface area contributed by atoms with Gasteiger partial charge in [-0.15, -0.1) is 0 Å². The van der Waals surface area contributed by atoms with Crippen LogP contribution in [0, 0.1) is 5.82 Å². The average molecular weight is 445 g/mol. The highest BCUT2D eigenvalue weighted by Gasteiger charge is 2.46. The summed E-state index contributed by atoms with van der Waals surface area (Å²) in [6.07, 6.45) is -3.90. The number of aromatic nitrogens is 2. The molecular weight excluding hydrogens is 429 g/mol. The molecule has 0 aliphatic carbocycles. The van der Waals surface area contributed by atoms with Gasteiger partial charge >= 0.3 is 0 Å². The minimum Gasteiger partial charge on any atom is -0.470 e. The van der Waals surface area contributed by atoms with Crippen LogP contribution in [0.4, 0.5) is 27.6 Å². The Morgan fingerprint density at radius 1 is 1.26 bits per heavy atom. The molecule has 0 fully saturated rings. The van der Waals surface area contributed by atoms with E-state index in [1.165, 1.54) is 0 Å². The number of carbonyl (C=O) groups is 1. The summed E-state index contributed by atoms with van der Waals surface area (Å²) in [7, 11) is 0. The van der Waals surface area contributed by atoms with Crippen LogP contribution in [-0.4, -0.2) is 54.4 Å². The summed E-state index contributed by atoms with van der Waals surface area (Å²) < 4.78 is 76.1. The van der Waals surface area contributed by atoms with Crippen molar-refractivity contribution in [1.29, 1.82) is 0 Å². The lowest BCUT2D eigenvalue weighted by Crippen LogP contribution is -2.45. The molecule has 0 unspecified atom stereocenters. The highest BCUT2D eigenvalue weighted by molar-refractivity contribution is 6.02. The summed E-state index contributed by atoms with van der Waals surface area (Å²) >= 11 is 0. The van der Waals surface area contributed by atoms with Gasteiger partial charge in [0.25, 0.3) is 18.8 Å². The highest BCUT2D eigenvalue weighted by Crippen LogP contribution is 2.38. The minimum atomic E-state index is -3.14. The number of halogens is 5. The van der Waals surface area contributed by atoms with Gasteiger partial charge in [-0.3, -0.25) is 9.79 Å². The lowest BCUT2D eigenvalue weighted by Gasteiger charge is -2.33. The molecule has 1 aliphatic rings. The first kappa shape index (κ1) is 22.3. The Labute approximate surface area is 172 Å². The Morgan fingerprint density at radius 3 is 2.65 bits per heavy atom. The van der Waals surface area contributed by atoms with E-state index in [-0.39, 0.29) is 29.7 Å². The number of benzene rings is 1. The van der Waals surface area contributed by atoms with Gasteiger partial charge in [0.1, 0.15) is 24.0 Å². The second-order valence-electron chi connectivity index (χ2n) is 6.41. The maximum absolute atomic E-state index is 14.4. The van der Waals surface area contributed by atoms with Crippen LogP contribution >= 0.6 is 0 Å². The van der Waals surface area contributed by atoms with Gasteiger partial charge in [0.15, 0.2) is 12.1 Å². The second kappa shape index (κ2) is 9.20. The highest BCUT2D eigenvalue weighted by atomic mass is 19.3. The zero-order valence-corrected chi connectivity index (χ0v) is 15.7. The molecule has 8 nitrogen and oxygen atoms in total. The number of nitrogens with two attached hydrogens (primary N) is 1. The standard InChI is InChI=1S/C18H16F5N5O3/c19-11-2-1-9(3-10(11)18(17(22)23)8-30-7-14(24)28-18)27-16(29)12-4-26-15(5-25-12)31-6-13(20)21/h1-5,13,17H,6-8H2,(H2,24,28)(H,27,29)/t18-/m0/s1. The van der Waals surface area contributed by atoms with Crippen LogP contribution < -0.4 is 15.8 Å². The molecule has 1 aliphatic heterocycles. The first-order valence-corrected chi connectivity index (χ1v) is 8.76. The lowest BCUT2D eigenvalue weighted by atomic mass is 9.90. The summed E-state index contributed by atoms with van der Waals surface area (Å²) in [4.78, 5) is 23.5. The number of hydrogen-bond donors (Lipinski definition) is 2. The third-order valence-electron chi connectivity index (χ3n) is 4.18. The number of rotatable bonds is 7. The van der Waals surface area contributed by atoms with Crippen molar-refractivity contribution in [3.8, 4) is 5.88 Å². The Balaban J connectivity index is 1.82. The van der Waals surface area contributed by atoms with Crippen LogP contribution in [0.25, 0.3) is 0 Å². The first-order valence-electron chi connectivity index (χ1n) is 8.76. The zero-order chi connectivity index (χ0) is 22.6. The lowest BCUT2D eigenvalue weighted by molar-refractivity contribution is -0.0145. The Bertz CT molecular complexity index is 974. The molecule has 2 aromatic rings. The Hall–Kier alpha value is -3.35. The number of aliphatic imine (C=N–C) groups is 1. The van der Waals surface area contributed by atoms with E-state index in [1.54, 1.807) is 0 Å². The number of amides is 1. The topological polar surface area (TPSA) is 112 Å². The predicted molar refractivity (Wildman–Crippen MR) is 98.0 cm³/mol. The SMILES string of the molecule is NC1=N[C@@](c2cc(NC(=O)c3cnc(OCC(F)F)cn3)ccc2F)(C(F)F)COC1. The smallest absolute Gasteiger partial charge is 0.275 e. The number of nitrogens with zero attached hydrogens (tertiary/aromatic N) is 3. The molecular formula is C18H16F5N5O3. The molecule has 1 aromatic heterocycles. The number of alkyl halides is 4. The number of amidine groups is 1. The third kappa shape index (κ3) is 5.05. The number of carbonyl (C=O) groups excluding carboxylic acids is 1. The maximum atomic E-state index is 14.4. The summed E-state index contributed by atoms with van der Waals surface area (Å²) in [5.41, 5.74) is 2.39. The van der Waals surface area contributed by atoms with Gasteiger partial charge in [0.05, 0.1) is 19.0 Å². The fourth-order valence-electron chi connectivity index (χ4n) is 2.79. The van der Waals surface area contributed by atoms with Crippen molar-refractivity contribution < 1.29 is 36.2 Å². The predicted octanol–water partition coefficient (Wildman–Crippen LogP) is 2.36. The summed E-state index contributed by atoms with van der Waals surface area (Å²) in [6.45, 7) is -1.66. The van der Waals surface area contributed by atoms with Crippen LogP contribution in [0.2, 0.25) is 0 Å². The van der Waals surface area contributed by atoms with E-state index in [0.29, 0.717) is 0 Å². The van der Waals surface area contributed by atoms with E-state index in [1.807, 2.05) is 0 Å². The number of ether oxygens (including phenoxy) is 2. The number of hydrogen-bond acceptors (Lipinski definition) is 7. The van der Waals surface area contributed by atoms with Gasteiger partial charge in [-0.05, 0) is 18.2 Å². The molecule has 3 N–H and O–H groups in total. The van der Waals surface area contributed by atoms with Crippen molar-refractivity contribution in [2.75, 3.05) is 25.1 Å². The fourth-order valence-corrected chi connectivity index (χ4v) is 2.79. The second-order valence-corrected chi connectivity index (χ2v) is 6.41. The molecule has 1 amide bonds. The molecule has 1 aromatic carbocycles. The van der Waals surface area contributed by atoms with Gasteiger partial charge < -0.3 is 20.5 Å². The normalized spacial score (nSPS) is 18.7. The third-order valence-corrected chi connectivity index (χ3v) is 4.18. The van der Waals surface area contributed by atoms with E-state index in [2.05, 4.69) is 25.0 Å². The van der Waals surface area contributed by atoms with Crippen LogP contribution in [0.5, 0.6) is 5.88 Å². The van der Waals surface area contributed by atoms with Crippen LogP contribution in [-0.2, 0) is 10.3 Å². The largest absolute Gasteiger partial charge is 0.470 e. The van der Waals surface area contributed by atoms with Crippen LogP contribution in [0.3, 0.4) is 0 Å². The van der Waals surface area contributed by atoms with E-state index in [9.17, 15) is 26.7 Å². The molecule has 2 heterocycles. The van der Waals surface area contributed by atoms with E-state index >= 15 is 0 Å². The molecule has 0 saturated carbocycles. The molecule has 0 radical (unpaired) electrons. The van der Waals surface area contributed by atoms with Crippen molar-refractivity contribution >= 4 is 17.4 Å². The zero-order valence-electron chi connectivity index (χ0n) is 15.7. The van der Waals surface area contributed by atoms with Gasteiger partial charge in [0, 0.05) is 11.3 Å². The van der Waals surface area contributed by atoms with Crippen LogP contribution in [0.15, 0.2) is 35.6 Å². The molecule has 31 heavy (non-hydrogen) atoms. The molecule has 0 bridgehead atoms. The van der Waals surface area contributed by atoms with Gasteiger partial charge in [-0.25, -0.2) is 31.9 Å². The molecule has 13 heteroatoms. The number of anilines is 1. The first-order chi connectivity index (χ1) is 14.7. The average Bonchev–Trinajstić information content (AvgIpc) is 2.73. The van der Waals surface area contributed by atoms with Gasteiger partial charge in [-0.2, -0.15) is 0 Å². The minimum absolute atomic E-state index is 0.0272. The summed E-state index contributed by atoms with van der Waals surface area (Å²) in [6, 6.07) is 3.04. The van der Waals surface area contributed by atoms with E-state index in [0.717, 1.165) is 30.6 Å². The molecule has 166 valence electrons. The van der Waals surface area contributed by atoms with Crippen molar-refractivity contribution in [2.45, 2.75) is 18.4 Å². The summed E-state index contributed by atoms with van der Waals surface area (Å²) in [5, 5.41) is 2.37. The van der Waals surface area contributed by atoms with Crippen LogP contribution in [0.1, 0.15) is 16.1 Å². The van der Waals surface area contributed by atoms with Crippen molar-refractivity contribution in [3.63, 3.8) is 0 Å². The molecule has 0 saturated heterocycles. The molecule has 3 rings (SSSR count). The quantitative estimate of drug-likeness (QED) is 0.633. The van der Waals surface area contributed by atoms with Gasteiger partial charge in [-0.1, -0.05) is 0 Å². The van der Waals surface area contributed by atoms with Crippen molar-refractivity contribution in [2.24, 2.45) is 10.7 Å². The Morgan fingerprint density at radius 2 is 2.03 bits per heavy atom. The summed E-state index contributed by atoms with van der Waals surface area (Å²) in [5.74, 6) is -2.22. The van der Waals surface area contributed by atoms with Gasteiger partial charge in [0.2, 0.25) is 5.88 Å². The van der Waals surface area contributed by atoms with E-state index in [4.69, 9.17) is 10.5 Å². The number of nitrogens with one attached hydrogen (secondary N) is 1. The fraction of sp³-hybridized carbons (Fsp3) is 0.333. The maximum Gasteiger partial charge on any atom is 0.275 e. The molecule has 1 atom stereocenters. The Kier molecular flexibility index (Phi) is 6.63.